The average molecular weight is 430 g/mol. The van der Waals surface area contributed by atoms with Gasteiger partial charge in [0.15, 0.2) is 0 Å². The minimum absolute atomic E-state index is 0.0861. The van der Waals surface area contributed by atoms with E-state index in [0.717, 1.165) is 30.6 Å². The molecule has 8 nitrogen and oxygen atoms in total. The second-order valence-corrected chi connectivity index (χ2v) is 9.42. The van der Waals surface area contributed by atoms with Crippen LogP contribution in [0.2, 0.25) is 0 Å². The quantitative estimate of drug-likeness (QED) is 0.788. The van der Waals surface area contributed by atoms with E-state index in [1.165, 1.54) is 0 Å². The molecule has 1 fully saturated rings. The number of carbonyl (C=O) groups is 1. The van der Waals surface area contributed by atoms with Crippen molar-refractivity contribution in [2.45, 2.75) is 51.0 Å². The Kier molecular flexibility index (Phi) is 5.64. The number of amides is 1. The van der Waals surface area contributed by atoms with Crippen molar-refractivity contribution in [3.63, 3.8) is 0 Å². The van der Waals surface area contributed by atoms with Crippen molar-refractivity contribution < 1.29 is 13.2 Å². The predicted molar refractivity (Wildman–Crippen MR) is 115 cm³/mol. The van der Waals surface area contributed by atoms with Gasteiger partial charge in [-0.15, -0.1) is 4.40 Å². The van der Waals surface area contributed by atoms with Crippen molar-refractivity contribution in [3.05, 3.63) is 41.7 Å². The summed E-state index contributed by atoms with van der Waals surface area (Å²) in [6.07, 6.45) is 4.71. The smallest absolute Gasteiger partial charge is 0.286 e. The van der Waals surface area contributed by atoms with E-state index in [9.17, 15) is 13.2 Å². The van der Waals surface area contributed by atoms with Crippen molar-refractivity contribution in [1.29, 1.82) is 0 Å². The zero-order valence-corrected chi connectivity index (χ0v) is 18.2. The van der Waals surface area contributed by atoms with Crippen molar-refractivity contribution in [1.82, 2.24) is 14.7 Å². The molecule has 2 aromatic rings. The van der Waals surface area contributed by atoms with Gasteiger partial charge >= 0.3 is 0 Å². The molecule has 0 spiro atoms. The van der Waals surface area contributed by atoms with Crippen LogP contribution < -0.4 is 5.32 Å². The highest BCUT2D eigenvalue weighted by atomic mass is 32.2. The zero-order valence-electron chi connectivity index (χ0n) is 17.3. The van der Waals surface area contributed by atoms with Crippen LogP contribution in [-0.4, -0.2) is 47.9 Å². The van der Waals surface area contributed by atoms with Gasteiger partial charge in [0.05, 0.1) is 11.4 Å². The van der Waals surface area contributed by atoms with Crippen LogP contribution in [0.25, 0.3) is 0 Å². The summed E-state index contributed by atoms with van der Waals surface area (Å²) in [5.41, 5.74) is 2.61. The summed E-state index contributed by atoms with van der Waals surface area (Å²) in [4.78, 5) is 14.9. The van der Waals surface area contributed by atoms with E-state index in [4.69, 9.17) is 0 Å². The third-order valence-corrected chi connectivity index (χ3v) is 7.14. The van der Waals surface area contributed by atoms with Gasteiger partial charge in [0.25, 0.3) is 10.0 Å². The third-order valence-electron chi connectivity index (χ3n) is 5.79. The maximum absolute atomic E-state index is 12.8. The van der Waals surface area contributed by atoms with Gasteiger partial charge < -0.3 is 10.2 Å². The summed E-state index contributed by atoms with van der Waals surface area (Å²) in [5, 5.41) is 7.61. The number of likely N-dealkylation sites (tertiary alicyclic amines) is 1. The fourth-order valence-corrected chi connectivity index (χ4v) is 5.30. The maximum Gasteiger partial charge on any atom is 0.286 e. The Morgan fingerprint density at radius 3 is 2.87 bits per heavy atom. The normalized spacial score (nSPS) is 20.3. The lowest BCUT2D eigenvalue weighted by atomic mass is 9.96. The first-order chi connectivity index (χ1) is 14.4. The first-order valence-corrected chi connectivity index (χ1v) is 11.8. The van der Waals surface area contributed by atoms with Crippen LogP contribution in [0.15, 0.2) is 39.8 Å². The second-order valence-electron chi connectivity index (χ2n) is 7.85. The molecule has 1 aromatic heterocycles. The molecular formula is C21H27N5O3S. The summed E-state index contributed by atoms with van der Waals surface area (Å²) in [6.45, 7) is 5.99. The topological polar surface area (TPSA) is 96.7 Å². The number of sulfonamides is 1. The summed E-state index contributed by atoms with van der Waals surface area (Å²) < 4.78 is 31.0. The van der Waals surface area contributed by atoms with E-state index in [2.05, 4.69) is 14.8 Å². The fourth-order valence-electron chi connectivity index (χ4n) is 4.10. The lowest BCUT2D eigenvalue weighted by Crippen LogP contribution is -2.44. The van der Waals surface area contributed by atoms with Gasteiger partial charge in [0, 0.05) is 38.2 Å². The summed E-state index contributed by atoms with van der Waals surface area (Å²) >= 11 is 0. The second kappa shape index (κ2) is 8.22. The number of aromatic nitrogens is 2. The molecule has 4 rings (SSSR count). The summed E-state index contributed by atoms with van der Waals surface area (Å²) in [7, 11) is -3.72. The number of hydrogen-bond acceptors (Lipinski definition) is 5. The molecule has 2 aliphatic rings. The number of nitrogens with zero attached hydrogens (tertiary/aromatic N) is 4. The molecule has 1 amide bonds. The largest absolute Gasteiger partial charge is 0.342 e. The number of fused-ring (bicyclic) bond motifs is 1. The predicted octanol–water partition coefficient (Wildman–Crippen LogP) is 2.60. The zero-order chi connectivity index (χ0) is 21.3. The number of amidine groups is 1. The van der Waals surface area contributed by atoms with Gasteiger partial charge in [-0.1, -0.05) is 12.1 Å². The minimum Gasteiger partial charge on any atom is -0.342 e. The van der Waals surface area contributed by atoms with Crippen LogP contribution in [0.3, 0.4) is 0 Å². The summed E-state index contributed by atoms with van der Waals surface area (Å²) in [5.74, 6) is 0.407. The SMILES string of the molecule is CCn1cc(CCC(=O)N2CCC[C@H](C3=NS(=O)(=O)c4ccccc4N3)C2)c(C)n1. The molecule has 30 heavy (non-hydrogen) atoms. The maximum atomic E-state index is 12.8. The van der Waals surface area contributed by atoms with E-state index in [-0.39, 0.29) is 16.7 Å². The van der Waals surface area contributed by atoms with Crippen LogP contribution in [0.1, 0.15) is 37.4 Å². The number of aryl methyl sites for hydroxylation is 3. The highest BCUT2D eigenvalue weighted by Gasteiger charge is 2.32. The standard InChI is InChI=1S/C21H27N5O3S/c1-3-26-14-16(15(2)23-26)10-11-20(27)25-12-6-7-17(13-25)21-22-18-8-4-5-9-19(18)30(28,29)24-21/h4-5,8-9,14,17H,3,6-7,10-13H2,1-2H3,(H,22,24)/t17-/m0/s1. The fraction of sp³-hybridized carbons (Fsp3) is 0.476. The Hall–Kier alpha value is -2.68. The number of anilines is 1. The Bertz CT molecular complexity index is 1090. The highest BCUT2D eigenvalue weighted by molar-refractivity contribution is 7.90. The van der Waals surface area contributed by atoms with Crippen molar-refractivity contribution >= 4 is 27.5 Å². The van der Waals surface area contributed by atoms with Crippen LogP contribution in [-0.2, 0) is 27.8 Å². The van der Waals surface area contributed by atoms with Gasteiger partial charge in [-0.05, 0) is 50.8 Å². The van der Waals surface area contributed by atoms with Crippen molar-refractivity contribution in [2.24, 2.45) is 10.3 Å². The lowest BCUT2D eigenvalue weighted by Gasteiger charge is -2.34. The Morgan fingerprint density at radius 2 is 2.10 bits per heavy atom. The molecule has 160 valence electrons. The molecule has 1 atom stereocenters. The van der Waals surface area contributed by atoms with Gasteiger partial charge in [-0.2, -0.15) is 13.5 Å². The third kappa shape index (κ3) is 4.12. The van der Waals surface area contributed by atoms with E-state index in [1.807, 2.05) is 29.6 Å². The molecule has 3 heterocycles. The van der Waals surface area contributed by atoms with E-state index >= 15 is 0 Å². The molecule has 0 bridgehead atoms. The molecule has 1 saturated heterocycles. The Balaban J connectivity index is 1.43. The molecule has 0 aliphatic carbocycles. The van der Waals surface area contributed by atoms with E-state index in [1.54, 1.807) is 24.3 Å². The number of nitrogens with one attached hydrogen (secondary N) is 1. The number of carbonyl (C=O) groups excluding carboxylic acids is 1. The van der Waals surface area contributed by atoms with Crippen molar-refractivity contribution in [2.75, 3.05) is 18.4 Å². The van der Waals surface area contributed by atoms with Gasteiger partial charge in [-0.25, -0.2) is 0 Å². The first kappa shape index (κ1) is 20.6. The molecule has 2 aliphatic heterocycles. The van der Waals surface area contributed by atoms with E-state index in [0.29, 0.717) is 37.5 Å². The van der Waals surface area contributed by atoms with Gasteiger partial charge in [0.2, 0.25) is 5.91 Å². The first-order valence-electron chi connectivity index (χ1n) is 10.4. The molecule has 9 heteroatoms. The van der Waals surface area contributed by atoms with Crippen molar-refractivity contribution in [3.8, 4) is 0 Å². The van der Waals surface area contributed by atoms with E-state index < -0.39 is 10.0 Å². The average Bonchev–Trinajstić information content (AvgIpc) is 3.11. The Labute approximate surface area is 177 Å². The number of benzene rings is 1. The molecular weight excluding hydrogens is 402 g/mol. The molecule has 0 radical (unpaired) electrons. The lowest BCUT2D eigenvalue weighted by molar-refractivity contribution is -0.132. The van der Waals surface area contributed by atoms with Gasteiger partial charge in [-0.3, -0.25) is 9.48 Å². The number of piperidine rings is 1. The molecule has 0 unspecified atom stereocenters. The molecule has 1 aromatic carbocycles. The molecule has 1 N–H and O–H groups in total. The van der Waals surface area contributed by atoms with Crippen LogP contribution in [0, 0.1) is 12.8 Å². The van der Waals surface area contributed by atoms with Crippen LogP contribution in [0.5, 0.6) is 0 Å². The Morgan fingerprint density at radius 1 is 1.30 bits per heavy atom. The number of rotatable bonds is 5. The van der Waals surface area contributed by atoms with Crippen LogP contribution in [0.4, 0.5) is 5.69 Å². The minimum atomic E-state index is -3.72. The van der Waals surface area contributed by atoms with Gasteiger partial charge in [0.1, 0.15) is 10.7 Å². The number of hydrogen-bond donors (Lipinski definition) is 1. The highest BCUT2D eigenvalue weighted by Crippen LogP contribution is 2.30. The van der Waals surface area contributed by atoms with Crippen LogP contribution >= 0.6 is 0 Å². The number of para-hydroxylation sites is 1. The monoisotopic (exact) mass is 429 g/mol. The summed E-state index contributed by atoms with van der Waals surface area (Å²) in [6, 6.07) is 6.78. The molecule has 0 saturated carbocycles.